The first-order valence-electron chi connectivity index (χ1n) is 10.2. The number of aliphatic hydroxyl groups is 1. The van der Waals surface area contributed by atoms with Crippen molar-refractivity contribution in [2.45, 2.75) is 31.2 Å². The second kappa shape index (κ2) is 10.6. The van der Waals surface area contributed by atoms with E-state index in [4.69, 9.17) is 24.2 Å². The Balaban J connectivity index is 1.73. The molecular formula is C24H23BClF3N2O2. The van der Waals surface area contributed by atoms with E-state index in [2.05, 4.69) is 4.98 Å². The van der Waals surface area contributed by atoms with Crippen LogP contribution >= 0.6 is 11.6 Å². The lowest BCUT2D eigenvalue weighted by Gasteiger charge is -2.41. The fraction of sp³-hybridized carbons (Fsp3) is 0.292. The van der Waals surface area contributed by atoms with Gasteiger partial charge in [-0.05, 0) is 47.5 Å². The van der Waals surface area contributed by atoms with Crippen LogP contribution in [-0.4, -0.2) is 42.1 Å². The van der Waals surface area contributed by atoms with Gasteiger partial charge in [-0.25, -0.2) is 0 Å². The molecule has 1 aromatic heterocycles. The topological polar surface area (TPSA) is 45.6 Å². The zero-order valence-corrected chi connectivity index (χ0v) is 18.7. The number of alkyl halides is 3. The zero-order chi connectivity index (χ0) is 24.1. The third-order valence-corrected chi connectivity index (χ3v) is 5.65. The van der Waals surface area contributed by atoms with Gasteiger partial charge in [0, 0.05) is 35.9 Å². The van der Waals surface area contributed by atoms with Crippen molar-refractivity contribution in [2.75, 3.05) is 13.2 Å². The SMILES string of the molecule is [B]C(C)(c1cccnc1)N(Cc1ccccc1Cl)CC(O)COc1ccc(C(F)(F)F)cc1. The summed E-state index contributed by atoms with van der Waals surface area (Å²) in [4.78, 5) is 5.99. The molecule has 0 saturated carbocycles. The van der Waals surface area contributed by atoms with Gasteiger partial charge >= 0.3 is 6.18 Å². The maximum Gasteiger partial charge on any atom is 0.416 e. The van der Waals surface area contributed by atoms with Gasteiger partial charge in [0.2, 0.25) is 0 Å². The highest BCUT2D eigenvalue weighted by Gasteiger charge is 2.31. The van der Waals surface area contributed by atoms with E-state index in [0.29, 0.717) is 11.6 Å². The Morgan fingerprint density at radius 2 is 1.76 bits per heavy atom. The van der Waals surface area contributed by atoms with Gasteiger partial charge in [0.25, 0.3) is 0 Å². The average Bonchev–Trinajstić information content (AvgIpc) is 2.79. The average molecular weight is 475 g/mol. The second-order valence-electron chi connectivity index (χ2n) is 7.85. The van der Waals surface area contributed by atoms with Crippen molar-refractivity contribution in [3.63, 3.8) is 0 Å². The summed E-state index contributed by atoms with van der Waals surface area (Å²) in [6.45, 7) is 2.14. The Hall–Kier alpha value is -2.55. The normalized spacial score (nSPS) is 14.6. The summed E-state index contributed by atoms with van der Waals surface area (Å²) in [5.41, 5.74) is -0.192. The molecule has 2 aromatic carbocycles. The third-order valence-electron chi connectivity index (χ3n) is 5.28. The largest absolute Gasteiger partial charge is 0.491 e. The van der Waals surface area contributed by atoms with Crippen LogP contribution in [0.3, 0.4) is 0 Å². The highest BCUT2D eigenvalue weighted by atomic mass is 35.5. The molecular weight excluding hydrogens is 452 g/mol. The first-order chi connectivity index (χ1) is 15.6. The molecule has 9 heteroatoms. The number of halogens is 4. The van der Waals surface area contributed by atoms with Crippen LogP contribution in [0.15, 0.2) is 73.1 Å². The van der Waals surface area contributed by atoms with Crippen LogP contribution in [-0.2, 0) is 18.2 Å². The van der Waals surface area contributed by atoms with Gasteiger partial charge in [-0.1, -0.05) is 42.8 Å². The van der Waals surface area contributed by atoms with Crippen molar-refractivity contribution < 1.29 is 23.0 Å². The summed E-state index contributed by atoms with van der Waals surface area (Å²) >= 11 is 6.34. The van der Waals surface area contributed by atoms with E-state index in [1.807, 2.05) is 36.1 Å². The summed E-state index contributed by atoms with van der Waals surface area (Å²) in [7, 11) is 6.68. The Morgan fingerprint density at radius 1 is 1.06 bits per heavy atom. The summed E-state index contributed by atoms with van der Waals surface area (Å²) in [5.74, 6) is 0.225. The molecule has 0 saturated heterocycles. The van der Waals surface area contributed by atoms with Crippen molar-refractivity contribution in [1.82, 2.24) is 9.88 Å². The number of benzene rings is 2. The lowest BCUT2D eigenvalue weighted by Crippen LogP contribution is -2.48. The molecule has 2 unspecified atom stereocenters. The Labute approximate surface area is 197 Å². The number of rotatable bonds is 9. The van der Waals surface area contributed by atoms with Gasteiger partial charge in [0.15, 0.2) is 0 Å². The van der Waals surface area contributed by atoms with Crippen molar-refractivity contribution in [1.29, 1.82) is 0 Å². The van der Waals surface area contributed by atoms with Gasteiger partial charge in [-0.3, -0.25) is 9.88 Å². The van der Waals surface area contributed by atoms with E-state index < -0.39 is 23.3 Å². The standard InChI is InChI=1S/C24H23BClF3N2O2/c1-23(25,19-6-4-12-30-13-19)31(14-17-5-2-3-7-22(17)26)15-20(32)16-33-21-10-8-18(9-11-21)24(27,28)29/h2-13,20,32H,14-16H2,1H3. The third kappa shape index (κ3) is 6.73. The van der Waals surface area contributed by atoms with E-state index >= 15 is 0 Å². The van der Waals surface area contributed by atoms with Crippen LogP contribution < -0.4 is 4.74 Å². The lowest BCUT2D eigenvalue weighted by atomic mass is 9.72. The maximum absolute atomic E-state index is 12.7. The minimum atomic E-state index is -4.42. The number of hydrogen-bond acceptors (Lipinski definition) is 4. The summed E-state index contributed by atoms with van der Waals surface area (Å²) in [6.07, 6.45) is -2.10. The number of hydrogen-bond donors (Lipinski definition) is 1. The van der Waals surface area contributed by atoms with Crippen LogP contribution in [0.1, 0.15) is 23.6 Å². The van der Waals surface area contributed by atoms with Gasteiger partial charge < -0.3 is 9.84 Å². The molecule has 4 nitrogen and oxygen atoms in total. The number of aliphatic hydroxyl groups excluding tert-OH is 1. The second-order valence-corrected chi connectivity index (χ2v) is 8.26. The fourth-order valence-corrected chi connectivity index (χ4v) is 3.53. The Morgan fingerprint density at radius 3 is 2.36 bits per heavy atom. The van der Waals surface area contributed by atoms with Gasteiger partial charge in [-0.15, -0.1) is 0 Å². The maximum atomic E-state index is 12.7. The predicted molar refractivity (Wildman–Crippen MR) is 122 cm³/mol. The quantitative estimate of drug-likeness (QED) is 0.442. The van der Waals surface area contributed by atoms with E-state index in [1.165, 1.54) is 12.1 Å². The van der Waals surface area contributed by atoms with Gasteiger partial charge in [0.05, 0.1) is 5.56 Å². The molecule has 0 amide bonds. The Kier molecular flexibility index (Phi) is 8.05. The highest BCUT2D eigenvalue weighted by molar-refractivity contribution is 6.31. The van der Waals surface area contributed by atoms with Crippen LogP contribution in [0.2, 0.25) is 5.02 Å². The summed E-state index contributed by atoms with van der Waals surface area (Å²) < 4.78 is 43.7. The number of aromatic nitrogens is 1. The van der Waals surface area contributed by atoms with Crippen LogP contribution in [0.4, 0.5) is 13.2 Å². The van der Waals surface area contributed by atoms with Crippen LogP contribution in [0.5, 0.6) is 5.75 Å². The predicted octanol–water partition coefficient (Wildman–Crippen LogP) is 5.04. The molecule has 0 fully saturated rings. The molecule has 33 heavy (non-hydrogen) atoms. The molecule has 0 aliphatic rings. The Bertz CT molecular complexity index is 1030. The van der Waals surface area contributed by atoms with E-state index in [0.717, 1.165) is 23.3 Å². The molecule has 3 aromatic rings. The molecule has 0 bridgehead atoms. The lowest BCUT2D eigenvalue weighted by molar-refractivity contribution is -0.137. The van der Waals surface area contributed by atoms with Crippen LogP contribution in [0, 0.1) is 0 Å². The minimum absolute atomic E-state index is 0.119. The zero-order valence-electron chi connectivity index (χ0n) is 18.0. The summed E-state index contributed by atoms with van der Waals surface area (Å²) in [5, 5.41) is 11.2. The molecule has 0 aliphatic carbocycles. The molecule has 2 atom stereocenters. The minimum Gasteiger partial charge on any atom is -0.491 e. The smallest absolute Gasteiger partial charge is 0.416 e. The van der Waals surface area contributed by atoms with Crippen molar-refractivity contribution >= 4 is 19.4 Å². The first-order valence-corrected chi connectivity index (χ1v) is 10.6. The molecule has 0 aliphatic heterocycles. The number of ether oxygens (including phenoxy) is 1. The molecule has 172 valence electrons. The van der Waals surface area contributed by atoms with E-state index in [-0.39, 0.29) is 18.9 Å². The van der Waals surface area contributed by atoms with Crippen molar-refractivity contribution in [3.05, 3.63) is 94.8 Å². The highest BCUT2D eigenvalue weighted by Crippen LogP contribution is 2.31. The van der Waals surface area contributed by atoms with Gasteiger partial charge in [0.1, 0.15) is 26.3 Å². The van der Waals surface area contributed by atoms with Crippen molar-refractivity contribution in [2.24, 2.45) is 0 Å². The number of pyridine rings is 1. The monoisotopic (exact) mass is 474 g/mol. The summed E-state index contributed by atoms with van der Waals surface area (Å²) in [6, 6.07) is 15.3. The van der Waals surface area contributed by atoms with E-state index in [9.17, 15) is 18.3 Å². The molecule has 1 heterocycles. The number of nitrogens with zero attached hydrogens (tertiary/aromatic N) is 2. The first kappa shape index (κ1) is 25.1. The van der Waals surface area contributed by atoms with Crippen molar-refractivity contribution in [3.8, 4) is 5.75 Å². The molecule has 3 rings (SSSR count). The van der Waals surface area contributed by atoms with Gasteiger partial charge in [-0.2, -0.15) is 13.2 Å². The van der Waals surface area contributed by atoms with Crippen LogP contribution in [0.25, 0.3) is 0 Å². The molecule has 1 N–H and O–H groups in total. The fourth-order valence-electron chi connectivity index (χ4n) is 3.34. The molecule has 2 radical (unpaired) electrons. The van der Waals surface area contributed by atoms with E-state index in [1.54, 1.807) is 24.5 Å². The molecule has 0 spiro atoms.